The number of aromatic nitrogens is 1. The molecule has 0 aliphatic rings. The summed E-state index contributed by atoms with van der Waals surface area (Å²) in [6.45, 7) is 8.91. The van der Waals surface area contributed by atoms with Gasteiger partial charge in [-0.1, -0.05) is 12.1 Å². The standard InChI is InChI=1S/C19H29N5O2S2/c1-13(2)24(6)28(25,26)17-9-7-16(8-10-17)11-21-19(20-5)22-12-18-23-14(3)15(4)27-18/h7-10,13H,11-12H2,1-6H3,(H2,20,21,22). The molecule has 0 aliphatic carbocycles. The maximum atomic E-state index is 12.5. The van der Waals surface area contributed by atoms with Crippen LogP contribution in [0.5, 0.6) is 0 Å². The first-order chi connectivity index (χ1) is 13.1. The van der Waals surface area contributed by atoms with Crippen molar-refractivity contribution in [3.8, 4) is 0 Å². The number of nitrogens with zero attached hydrogens (tertiary/aromatic N) is 3. The molecule has 2 rings (SSSR count). The lowest BCUT2D eigenvalue weighted by molar-refractivity contribution is 0.410. The molecule has 0 unspecified atom stereocenters. The molecule has 0 bridgehead atoms. The normalized spacial score (nSPS) is 12.6. The van der Waals surface area contributed by atoms with Crippen molar-refractivity contribution in [1.82, 2.24) is 19.9 Å². The second kappa shape index (κ2) is 9.49. The minimum atomic E-state index is -3.46. The van der Waals surface area contributed by atoms with Gasteiger partial charge in [0.15, 0.2) is 5.96 Å². The van der Waals surface area contributed by atoms with Gasteiger partial charge in [0.25, 0.3) is 0 Å². The van der Waals surface area contributed by atoms with Crippen LogP contribution in [-0.2, 0) is 23.1 Å². The fraction of sp³-hybridized carbons (Fsp3) is 0.474. The van der Waals surface area contributed by atoms with Crippen molar-refractivity contribution in [3.63, 3.8) is 0 Å². The number of hydrogen-bond donors (Lipinski definition) is 2. The molecular formula is C19H29N5O2S2. The van der Waals surface area contributed by atoms with Gasteiger partial charge in [0.1, 0.15) is 5.01 Å². The van der Waals surface area contributed by atoms with Crippen LogP contribution >= 0.6 is 11.3 Å². The molecule has 1 aromatic heterocycles. The molecule has 9 heteroatoms. The molecule has 1 aromatic carbocycles. The number of aryl methyl sites for hydroxylation is 2. The van der Waals surface area contributed by atoms with Crippen LogP contribution in [0.15, 0.2) is 34.2 Å². The number of hydrogen-bond acceptors (Lipinski definition) is 5. The average Bonchev–Trinajstić information content (AvgIpc) is 2.99. The highest BCUT2D eigenvalue weighted by molar-refractivity contribution is 7.89. The predicted octanol–water partition coefficient (Wildman–Crippen LogP) is 2.65. The number of rotatable bonds is 7. The largest absolute Gasteiger partial charge is 0.352 e. The molecule has 0 aliphatic heterocycles. The smallest absolute Gasteiger partial charge is 0.243 e. The van der Waals surface area contributed by atoms with E-state index in [9.17, 15) is 8.42 Å². The van der Waals surface area contributed by atoms with Gasteiger partial charge in [0.2, 0.25) is 10.0 Å². The Kier molecular flexibility index (Phi) is 7.56. The number of aliphatic imine (C=N–C) groups is 1. The second-order valence-electron chi connectivity index (χ2n) is 6.79. The van der Waals surface area contributed by atoms with E-state index in [1.165, 1.54) is 9.18 Å². The Hall–Kier alpha value is -1.97. The Morgan fingerprint density at radius 1 is 1.18 bits per heavy atom. The van der Waals surface area contributed by atoms with E-state index in [-0.39, 0.29) is 6.04 Å². The highest BCUT2D eigenvalue weighted by atomic mass is 32.2. The first-order valence-corrected chi connectivity index (χ1v) is 11.3. The van der Waals surface area contributed by atoms with E-state index in [0.717, 1.165) is 16.3 Å². The van der Waals surface area contributed by atoms with Gasteiger partial charge in [-0.05, 0) is 45.4 Å². The van der Waals surface area contributed by atoms with E-state index in [1.807, 2.05) is 32.9 Å². The summed E-state index contributed by atoms with van der Waals surface area (Å²) in [4.78, 5) is 10.2. The summed E-state index contributed by atoms with van der Waals surface area (Å²) in [6, 6.07) is 6.82. The Morgan fingerprint density at radius 2 is 1.79 bits per heavy atom. The zero-order valence-corrected chi connectivity index (χ0v) is 18.9. The molecule has 1 heterocycles. The number of nitrogens with one attached hydrogen (secondary N) is 2. The number of guanidine groups is 1. The molecule has 2 aromatic rings. The van der Waals surface area contributed by atoms with Crippen LogP contribution in [-0.4, -0.2) is 43.8 Å². The van der Waals surface area contributed by atoms with Gasteiger partial charge < -0.3 is 10.6 Å². The fourth-order valence-corrected chi connectivity index (χ4v) is 4.64. The topological polar surface area (TPSA) is 86.7 Å². The Bertz CT molecular complexity index is 899. The second-order valence-corrected chi connectivity index (χ2v) is 10.1. The molecule has 0 fully saturated rings. The summed E-state index contributed by atoms with van der Waals surface area (Å²) in [6.07, 6.45) is 0. The lowest BCUT2D eigenvalue weighted by Crippen LogP contribution is -2.36. The monoisotopic (exact) mass is 423 g/mol. The molecule has 0 atom stereocenters. The predicted molar refractivity (Wildman–Crippen MR) is 115 cm³/mol. The molecule has 28 heavy (non-hydrogen) atoms. The Morgan fingerprint density at radius 3 is 2.29 bits per heavy atom. The van der Waals surface area contributed by atoms with Crippen molar-refractivity contribution in [2.75, 3.05) is 14.1 Å². The van der Waals surface area contributed by atoms with E-state index >= 15 is 0 Å². The molecule has 2 N–H and O–H groups in total. The summed E-state index contributed by atoms with van der Waals surface area (Å²) in [5, 5.41) is 7.49. The maximum absolute atomic E-state index is 12.5. The van der Waals surface area contributed by atoms with Crippen molar-refractivity contribution in [1.29, 1.82) is 0 Å². The third-order valence-electron chi connectivity index (χ3n) is 4.49. The summed E-state index contributed by atoms with van der Waals surface area (Å²) >= 11 is 1.67. The number of thiazole rings is 1. The third kappa shape index (κ3) is 5.52. The lowest BCUT2D eigenvalue weighted by atomic mass is 10.2. The van der Waals surface area contributed by atoms with Gasteiger partial charge >= 0.3 is 0 Å². The Labute approximate surface area is 172 Å². The zero-order valence-electron chi connectivity index (χ0n) is 17.3. The number of sulfonamides is 1. The van der Waals surface area contributed by atoms with E-state index in [4.69, 9.17) is 0 Å². The van der Waals surface area contributed by atoms with Gasteiger partial charge in [-0.25, -0.2) is 13.4 Å². The molecule has 0 amide bonds. The van der Waals surface area contributed by atoms with Crippen LogP contribution in [0.3, 0.4) is 0 Å². The van der Waals surface area contributed by atoms with Crippen molar-refractivity contribution in [3.05, 3.63) is 45.4 Å². The van der Waals surface area contributed by atoms with E-state index in [0.29, 0.717) is 23.9 Å². The van der Waals surface area contributed by atoms with Crippen LogP contribution in [0.25, 0.3) is 0 Å². The third-order valence-corrected chi connectivity index (χ3v) is 7.61. The molecular weight excluding hydrogens is 394 g/mol. The van der Waals surface area contributed by atoms with Gasteiger partial charge in [-0.15, -0.1) is 11.3 Å². The van der Waals surface area contributed by atoms with Crippen LogP contribution in [0, 0.1) is 13.8 Å². The molecule has 0 radical (unpaired) electrons. The van der Waals surface area contributed by atoms with Crippen LogP contribution in [0.4, 0.5) is 0 Å². The van der Waals surface area contributed by atoms with Crippen molar-refractivity contribution >= 4 is 27.3 Å². The Balaban J connectivity index is 1.94. The maximum Gasteiger partial charge on any atom is 0.243 e. The minimum Gasteiger partial charge on any atom is -0.352 e. The molecule has 7 nitrogen and oxygen atoms in total. The summed E-state index contributed by atoms with van der Waals surface area (Å²) in [7, 11) is -0.153. The first-order valence-electron chi connectivity index (χ1n) is 9.09. The molecule has 0 spiro atoms. The minimum absolute atomic E-state index is 0.0915. The lowest BCUT2D eigenvalue weighted by Gasteiger charge is -2.21. The van der Waals surface area contributed by atoms with E-state index < -0.39 is 10.0 Å². The fourth-order valence-electron chi connectivity index (χ4n) is 2.40. The first kappa shape index (κ1) is 22.3. The van der Waals surface area contributed by atoms with Crippen molar-refractivity contribution in [2.45, 2.75) is 51.7 Å². The van der Waals surface area contributed by atoms with Gasteiger partial charge in [-0.2, -0.15) is 4.31 Å². The van der Waals surface area contributed by atoms with Crippen LogP contribution < -0.4 is 10.6 Å². The van der Waals surface area contributed by atoms with E-state index in [2.05, 4.69) is 27.5 Å². The van der Waals surface area contributed by atoms with Crippen molar-refractivity contribution in [2.24, 2.45) is 4.99 Å². The summed E-state index contributed by atoms with van der Waals surface area (Å²) < 4.78 is 26.4. The van der Waals surface area contributed by atoms with Crippen molar-refractivity contribution < 1.29 is 8.42 Å². The quantitative estimate of drug-likeness (QED) is 0.528. The number of benzene rings is 1. The van der Waals surface area contributed by atoms with Gasteiger partial charge in [0.05, 0.1) is 17.1 Å². The van der Waals surface area contributed by atoms with Gasteiger partial charge in [0, 0.05) is 31.6 Å². The van der Waals surface area contributed by atoms with Crippen LogP contribution in [0.1, 0.15) is 35.0 Å². The zero-order chi connectivity index (χ0) is 20.9. The molecule has 0 saturated carbocycles. The van der Waals surface area contributed by atoms with Crippen LogP contribution in [0.2, 0.25) is 0 Å². The molecule has 154 valence electrons. The summed E-state index contributed by atoms with van der Waals surface area (Å²) in [5.74, 6) is 0.668. The summed E-state index contributed by atoms with van der Waals surface area (Å²) in [5.41, 5.74) is 2.03. The SMILES string of the molecule is CN=C(NCc1ccc(S(=O)(=O)N(C)C(C)C)cc1)NCc1nc(C)c(C)s1. The highest BCUT2D eigenvalue weighted by Crippen LogP contribution is 2.17. The van der Waals surface area contributed by atoms with E-state index in [1.54, 1.807) is 37.6 Å². The highest BCUT2D eigenvalue weighted by Gasteiger charge is 2.22. The molecule has 0 saturated heterocycles. The average molecular weight is 424 g/mol. The van der Waals surface area contributed by atoms with Gasteiger partial charge in [-0.3, -0.25) is 4.99 Å².